The monoisotopic (exact) mass is 382 g/mol. The van der Waals surface area contributed by atoms with E-state index in [0.717, 1.165) is 36.6 Å². The van der Waals surface area contributed by atoms with Crippen LogP contribution in [-0.4, -0.2) is 47.9 Å². The van der Waals surface area contributed by atoms with Crippen LogP contribution >= 0.6 is 0 Å². The fourth-order valence-corrected chi connectivity index (χ4v) is 3.73. The second-order valence-electron chi connectivity index (χ2n) is 7.89. The molecule has 2 aliphatic rings. The van der Waals surface area contributed by atoms with Crippen molar-refractivity contribution in [2.75, 3.05) is 31.1 Å². The van der Waals surface area contributed by atoms with Crippen LogP contribution in [0.2, 0.25) is 0 Å². The number of carbonyl (C=O) groups is 2. The topological polar surface area (TPSA) is 77.7 Å². The smallest absolute Gasteiger partial charge is 0.270 e. The molecule has 2 aliphatic heterocycles. The Morgan fingerprint density at radius 3 is 2.46 bits per heavy atom. The Bertz CT molecular complexity index is 897. The van der Waals surface area contributed by atoms with E-state index in [1.165, 1.54) is 6.92 Å². The lowest BCUT2D eigenvalue weighted by molar-refractivity contribution is -0.120. The maximum Gasteiger partial charge on any atom is 0.270 e. The number of hydrogen-bond acceptors (Lipinski definition) is 4. The molecule has 2 aromatic rings. The zero-order valence-electron chi connectivity index (χ0n) is 16.5. The summed E-state index contributed by atoms with van der Waals surface area (Å²) in [6.45, 7) is 8.37. The van der Waals surface area contributed by atoms with Crippen LogP contribution in [0.5, 0.6) is 5.75 Å². The Hall–Kier alpha value is -2.96. The van der Waals surface area contributed by atoms with Crippen molar-refractivity contribution in [3.8, 4) is 5.75 Å². The number of carbonyl (C=O) groups excluding carboxylic acids is 2. The highest BCUT2D eigenvalue weighted by atomic mass is 16.5. The van der Waals surface area contributed by atoms with Crippen LogP contribution < -0.4 is 15.0 Å². The zero-order valence-corrected chi connectivity index (χ0v) is 16.5. The average molecular weight is 382 g/mol. The number of fused-ring (bicyclic) bond motifs is 1. The van der Waals surface area contributed by atoms with Gasteiger partial charge in [-0.3, -0.25) is 9.59 Å². The highest BCUT2D eigenvalue weighted by Gasteiger charge is 2.29. The molecule has 0 spiro atoms. The second-order valence-corrected chi connectivity index (χ2v) is 7.89. The minimum Gasteiger partial charge on any atom is -0.488 e. The maximum absolute atomic E-state index is 12.5. The first kappa shape index (κ1) is 18.4. The molecule has 0 aliphatic carbocycles. The molecule has 0 bridgehead atoms. The van der Waals surface area contributed by atoms with Gasteiger partial charge in [0.25, 0.3) is 5.91 Å². The third-order valence-electron chi connectivity index (χ3n) is 5.37. The summed E-state index contributed by atoms with van der Waals surface area (Å²) in [5.41, 5.74) is 2.17. The molecule has 7 heteroatoms. The number of H-pyrrole nitrogens is 1. The maximum atomic E-state index is 12.5. The normalized spacial score (nSPS) is 16.1. The molecular formula is C21H26N4O3. The number of likely N-dealkylation sites (tertiary alicyclic amines) is 1. The molecular weight excluding hydrogens is 356 g/mol. The quantitative estimate of drug-likeness (QED) is 0.852. The van der Waals surface area contributed by atoms with E-state index in [9.17, 15) is 9.59 Å². The number of nitrogens with one attached hydrogen (secondary N) is 2. The van der Waals surface area contributed by atoms with Crippen LogP contribution in [0.1, 0.15) is 43.2 Å². The van der Waals surface area contributed by atoms with Crippen LogP contribution in [-0.2, 0) is 10.3 Å². The minimum absolute atomic E-state index is 0.0246. The lowest BCUT2D eigenvalue weighted by Gasteiger charge is -2.31. The van der Waals surface area contributed by atoms with E-state index < -0.39 is 5.54 Å². The largest absolute Gasteiger partial charge is 0.488 e. The summed E-state index contributed by atoms with van der Waals surface area (Å²) >= 11 is 0. The van der Waals surface area contributed by atoms with Gasteiger partial charge in [-0.25, -0.2) is 0 Å². The predicted molar refractivity (Wildman–Crippen MR) is 107 cm³/mol. The van der Waals surface area contributed by atoms with Crippen LogP contribution in [0, 0.1) is 0 Å². The van der Waals surface area contributed by atoms with Crippen molar-refractivity contribution in [3.05, 3.63) is 41.6 Å². The summed E-state index contributed by atoms with van der Waals surface area (Å²) in [4.78, 5) is 31.2. The number of benzene rings is 1. The number of amides is 2. The van der Waals surface area contributed by atoms with Crippen molar-refractivity contribution < 1.29 is 14.3 Å². The third-order valence-corrected chi connectivity index (χ3v) is 5.37. The Balaban J connectivity index is 1.58. The molecule has 1 aromatic heterocycles. The van der Waals surface area contributed by atoms with E-state index in [0.29, 0.717) is 24.6 Å². The number of rotatable bonds is 4. The van der Waals surface area contributed by atoms with Crippen LogP contribution in [0.3, 0.4) is 0 Å². The SMILES string of the molecule is CC(=O)NC(C)(C)c1ccc(N2CCOc3cc(C(=O)N4CCC4)[nH]c32)cc1. The van der Waals surface area contributed by atoms with Gasteiger partial charge in [0.2, 0.25) is 5.91 Å². The first-order valence-electron chi connectivity index (χ1n) is 9.67. The summed E-state index contributed by atoms with van der Waals surface area (Å²) in [6.07, 6.45) is 1.07. The lowest BCUT2D eigenvalue weighted by Crippen LogP contribution is -2.42. The fourth-order valence-electron chi connectivity index (χ4n) is 3.73. The van der Waals surface area contributed by atoms with Gasteiger partial charge in [0.05, 0.1) is 12.1 Å². The van der Waals surface area contributed by atoms with Crippen molar-refractivity contribution in [1.82, 2.24) is 15.2 Å². The summed E-state index contributed by atoms with van der Waals surface area (Å²) in [6, 6.07) is 9.92. The molecule has 0 radical (unpaired) electrons. The van der Waals surface area contributed by atoms with Gasteiger partial charge < -0.3 is 24.8 Å². The standard InChI is InChI=1S/C21H26N4O3/c1-14(26)23-21(2,3)15-5-7-16(8-6-15)25-11-12-28-18-13-17(22-19(18)25)20(27)24-9-4-10-24/h5-8,13,22H,4,9-12H2,1-3H3,(H,23,26). The molecule has 1 aromatic carbocycles. The van der Waals surface area contributed by atoms with Gasteiger partial charge in [-0.15, -0.1) is 0 Å². The first-order valence-corrected chi connectivity index (χ1v) is 9.67. The Kier molecular flexibility index (Phi) is 4.53. The number of ether oxygens (including phenoxy) is 1. The number of aromatic nitrogens is 1. The summed E-state index contributed by atoms with van der Waals surface area (Å²) in [5, 5.41) is 2.97. The van der Waals surface area contributed by atoms with Gasteiger partial charge in [0.1, 0.15) is 12.3 Å². The highest BCUT2D eigenvalue weighted by molar-refractivity contribution is 5.95. The highest BCUT2D eigenvalue weighted by Crippen LogP contribution is 2.37. The molecule has 0 atom stereocenters. The van der Waals surface area contributed by atoms with E-state index in [1.807, 2.05) is 43.0 Å². The van der Waals surface area contributed by atoms with Crippen molar-refractivity contribution in [3.63, 3.8) is 0 Å². The van der Waals surface area contributed by atoms with Crippen molar-refractivity contribution in [2.24, 2.45) is 0 Å². The molecule has 7 nitrogen and oxygen atoms in total. The average Bonchev–Trinajstić information content (AvgIpc) is 3.03. The van der Waals surface area contributed by atoms with Gasteiger partial charge >= 0.3 is 0 Å². The third kappa shape index (κ3) is 3.32. The molecule has 2 amide bonds. The molecule has 0 saturated carbocycles. The Morgan fingerprint density at radius 2 is 1.86 bits per heavy atom. The molecule has 3 heterocycles. The summed E-state index contributed by atoms with van der Waals surface area (Å²) in [7, 11) is 0. The Labute approximate surface area is 164 Å². The van der Waals surface area contributed by atoms with E-state index in [-0.39, 0.29) is 11.8 Å². The molecule has 28 heavy (non-hydrogen) atoms. The van der Waals surface area contributed by atoms with Crippen LogP contribution in [0.15, 0.2) is 30.3 Å². The fraction of sp³-hybridized carbons (Fsp3) is 0.429. The van der Waals surface area contributed by atoms with Crippen LogP contribution in [0.4, 0.5) is 11.5 Å². The predicted octanol–water partition coefficient (Wildman–Crippen LogP) is 2.76. The molecule has 2 N–H and O–H groups in total. The molecule has 4 rings (SSSR count). The van der Waals surface area contributed by atoms with Crippen LogP contribution in [0.25, 0.3) is 0 Å². The second kappa shape index (κ2) is 6.89. The van der Waals surface area contributed by atoms with Gasteiger partial charge in [0.15, 0.2) is 11.6 Å². The van der Waals surface area contributed by atoms with Gasteiger partial charge in [-0.05, 0) is 38.0 Å². The van der Waals surface area contributed by atoms with Gasteiger partial charge in [-0.2, -0.15) is 0 Å². The van der Waals surface area contributed by atoms with E-state index in [4.69, 9.17) is 4.74 Å². The zero-order chi connectivity index (χ0) is 19.9. The number of hydrogen-bond donors (Lipinski definition) is 2. The summed E-state index contributed by atoms with van der Waals surface area (Å²) in [5.74, 6) is 1.48. The Morgan fingerprint density at radius 1 is 1.14 bits per heavy atom. The van der Waals surface area contributed by atoms with Crippen molar-refractivity contribution >= 4 is 23.3 Å². The van der Waals surface area contributed by atoms with E-state index in [2.05, 4.69) is 15.2 Å². The number of aromatic amines is 1. The van der Waals surface area contributed by atoms with E-state index >= 15 is 0 Å². The number of anilines is 2. The number of nitrogens with zero attached hydrogens (tertiary/aromatic N) is 2. The summed E-state index contributed by atoms with van der Waals surface area (Å²) < 4.78 is 5.77. The van der Waals surface area contributed by atoms with Gasteiger partial charge in [-0.1, -0.05) is 12.1 Å². The van der Waals surface area contributed by atoms with Crippen molar-refractivity contribution in [2.45, 2.75) is 32.7 Å². The van der Waals surface area contributed by atoms with Gasteiger partial charge in [0, 0.05) is 31.8 Å². The first-order chi connectivity index (χ1) is 13.3. The molecule has 0 unspecified atom stereocenters. The molecule has 148 valence electrons. The lowest BCUT2D eigenvalue weighted by atomic mass is 9.94. The minimum atomic E-state index is -0.441. The van der Waals surface area contributed by atoms with Crippen molar-refractivity contribution in [1.29, 1.82) is 0 Å². The molecule has 1 fully saturated rings. The molecule has 1 saturated heterocycles. The van der Waals surface area contributed by atoms with E-state index in [1.54, 1.807) is 6.07 Å².